The first-order valence-corrected chi connectivity index (χ1v) is 9.03. The normalized spacial score (nSPS) is 13.9. The average molecular weight is 401 g/mol. The lowest BCUT2D eigenvalue weighted by molar-refractivity contribution is -0.139. The number of carbonyl (C=O) groups is 2. The monoisotopic (exact) mass is 400 g/mol. The lowest BCUT2D eigenvalue weighted by atomic mass is 9.99. The van der Waals surface area contributed by atoms with Gasteiger partial charge in [0.25, 0.3) is 0 Å². The summed E-state index contributed by atoms with van der Waals surface area (Å²) in [6, 6.07) is 11.4. The second kappa shape index (κ2) is 8.80. The predicted molar refractivity (Wildman–Crippen MR) is 106 cm³/mol. The van der Waals surface area contributed by atoms with Crippen molar-refractivity contribution in [2.24, 2.45) is 4.99 Å². The summed E-state index contributed by atoms with van der Waals surface area (Å²) in [5.74, 6) is -1.03. The predicted octanol–water partition coefficient (Wildman–Crippen LogP) is 3.78. The maximum Gasteiger partial charge on any atom is 0.302 e. The fraction of sp³-hybridized carbons (Fsp3) is 0.190. The molecule has 1 aliphatic heterocycles. The Labute approximate surface area is 167 Å². The van der Waals surface area contributed by atoms with E-state index in [9.17, 15) is 14.0 Å². The molecule has 0 saturated heterocycles. The van der Waals surface area contributed by atoms with Crippen LogP contribution in [0.4, 0.5) is 10.1 Å². The standard InChI is InChI=1S/C21H18ClFN2O3/c1-14(26)28-11-5-4-10-25-19-9-8-15(22)12-17(19)21(24-13-20(25)27)16-6-2-3-7-18(16)23/h2-9,12H,10-11,13H2,1H3. The van der Waals surface area contributed by atoms with E-state index < -0.39 is 5.82 Å². The maximum atomic E-state index is 14.4. The minimum atomic E-state index is -0.422. The molecule has 0 unspecified atom stereocenters. The van der Waals surface area contributed by atoms with E-state index in [0.717, 1.165) is 0 Å². The number of amides is 1. The number of aliphatic imine (C=N–C) groups is 1. The quantitative estimate of drug-likeness (QED) is 0.567. The molecule has 0 N–H and O–H groups in total. The summed E-state index contributed by atoms with van der Waals surface area (Å²) in [7, 11) is 0. The molecule has 0 bridgehead atoms. The minimum absolute atomic E-state index is 0.117. The molecule has 0 atom stereocenters. The Hall–Kier alpha value is -2.99. The summed E-state index contributed by atoms with van der Waals surface area (Å²) in [6.07, 6.45) is 3.39. The van der Waals surface area contributed by atoms with Gasteiger partial charge < -0.3 is 9.64 Å². The van der Waals surface area contributed by atoms with Crippen molar-refractivity contribution in [3.8, 4) is 0 Å². The molecule has 7 heteroatoms. The number of anilines is 1. The zero-order valence-electron chi connectivity index (χ0n) is 15.2. The Morgan fingerprint density at radius 3 is 2.79 bits per heavy atom. The molecule has 0 spiro atoms. The smallest absolute Gasteiger partial charge is 0.302 e. The Morgan fingerprint density at radius 2 is 2.04 bits per heavy atom. The highest BCUT2D eigenvalue weighted by Gasteiger charge is 2.25. The summed E-state index contributed by atoms with van der Waals surface area (Å²) in [5.41, 5.74) is 1.87. The van der Waals surface area contributed by atoms with E-state index in [-0.39, 0.29) is 31.6 Å². The van der Waals surface area contributed by atoms with Crippen LogP contribution in [0.3, 0.4) is 0 Å². The van der Waals surface area contributed by atoms with Crippen molar-refractivity contribution in [3.05, 3.63) is 76.6 Å². The van der Waals surface area contributed by atoms with E-state index in [1.165, 1.54) is 13.0 Å². The van der Waals surface area contributed by atoms with Crippen LogP contribution in [0.5, 0.6) is 0 Å². The lowest BCUT2D eigenvalue weighted by Crippen LogP contribution is -2.32. The Balaban J connectivity index is 1.97. The number of hydrogen-bond donors (Lipinski definition) is 0. The van der Waals surface area contributed by atoms with Crippen LogP contribution in [0.1, 0.15) is 18.1 Å². The van der Waals surface area contributed by atoms with Crippen molar-refractivity contribution in [2.75, 3.05) is 24.6 Å². The van der Waals surface area contributed by atoms with E-state index in [0.29, 0.717) is 27.5 Å². The summed E-state index contributed by atoms with van der Waals surface area (Å²) < 4.78 is 19.2. The molecular weight excluding hydrogens is 383 g/mol. The second-order valence-corrected chi connectivity index (χ2v) is 6.52. The maximum absolute atomic E-state index is 14.4. The van der Waals surface area contributed by atoms with Gasteiger partial charge in [0.15, 0.2) is 0 Å². The largest absolute Gasteiger partial charge is 0.462 e. The van der Waals surface area contributed by atoms with Crippen molar-refractivity contribution in [3.63, 3.8) is 0 Å². The first kappa shape index (κ1) is 19.8. The number of benzodiazepines with no additional fused rings is 1. The van der Waals surface area contributed by atoms with Crippen LogP contribution in [-0.4, -0.2) is 37.3 Å². The topological polar surface area (TPSA) is 59.0 Å². The van der Waals surface area contributed by atoms with E-state index in [1.54, 1.807) is 53.5 Å². The molecule has 28 heavy (non-hydrogen) atoms. The van der Waals surface area contributed by atoms with E-state index in [1.807, 2.05) is 0 Å². The Morgan fingerprint density at radius 1 is 1.25 bits per heavy atom. The lowest BCUT2D eigenvalue weighted by Gasteiger charge is -2.22. The van der Waals surface area contributed by atoms with Gasteiger partial charge in [0.2, 0.25) is 5.91 Å². The van der Waals surface area contributed by atoms with Crippen LogP contribution in [0.25, 0.3) is 0 Å². The number of fused-ring (bicyclic) bond motifs is 1. The summed E-state index contributed by atoms with van der Waals surface area (Å²) >= 11 is 6.17. The van der Waals surface area contributed by atoms with Gasteiger partial charge in [0, 0.05) is 29.6 Å². The van der Waals surface area contributed by atoms with Crippen molar-refractivity contribution >= 4 is 34.9 Å². The van der Waals surface area contributed by atoms with Crippen molar-refractivity contribution in [1.29, 1.82) is 0 Å². The van der Waals surface area contributed by atoms with Crippen LogP contribution in [-0.2, 0) is 14.3 Å². The van der Waals surface area contributed by atoms with Gasteiger partial charge >= 0.3 is 5.97 Å². The highest BCUT2D eigenvalue weighted by Crippen LogP contribution is 2.30. The zero-order chi connectivity index (χ0) is 20.1. The molecule has 2 aromatic rings. The molecule has 0 aliphatic carbocycles. The molecular formula is C21H18ClFN2O3. The number of ether oxygens (including phenoxy) is 1. The molecule has 0 radical (unpaired) electrons. The fourth-order valence-electron chi connectivity index (χ4n) is 2.88. The number of hydrogen-bond acceptors (Lipinski definition) is 4. The summed E-state index contributed by atoms with van der Waals surface area (Å²) in [4.78, 5) is 29.4. The number of nitrogens with zero attached hydrogens (tertiary/aromatic N) is 2. The third-order valence-electron chi connectivity index (χ3n) is 4.14. The van der Waals surface area contributed by atoms with Gasteiger partial charge in [0.05, 0.1) is 11.4 Å². The third-order valence-corrected chi connectivity index (χ3v) is 4.38. The molecule has 0 aromatic heterocycles. The van der Waals surface area contributed by atoms with E-state index in [2.05, 4.69) is 4.99 Å². The molecule has 0 saturated carbocycles. The van der Waals surface area contributed by atoms with Gasteiger partial charge in [-0.2, -0.15) is 0 Å². The fourth-order valence-corrected chi connectivity index (χ4v) is 3.05. The molecule has 3 rings (SSSR count). The van der Waals surface area contributed by atoms with Gasteiger partial charge in [-0.1, -0.05) is 29.8 Å². The van der Waals surface area contributed by atoms with Crippen LogP contribution in [0.15, 0.2) is 59.6 Å². The van der Waals surface area contributed by atoms with Crippen molar-refractivity contribution < 1.29 is 18.7 Å². The number of rotatable bonds is 5. The van der Waals surface area contributed by atoms with Gasteiger partial charge in [-0.3, -0.25) is 14.6 Å². The molecule has 2 aromatic carbocycles. The van der Waals surface area contributed by atoms with Crippen LogP contribution < -0.4 is 4.90 Å². The number of esters is 1. The number of halogens is 2. The SMILES string of the molecule is CC(=O)OCC=CCN1C(=O)CN=C(c2ccccc2F)c2cc(Cl)ccc21. The van der Waals surface area contributed by atoms with Gasteiger partial charge in [-0.25, -0.2) is 4.39 Å². The highest BCUT2D eigenvalue weighted by molar-refractivity contribution is 6.32. The molecule has 1 heterocycles. The third kappa shape index (κ3) is 4.46. The second-order valence-electron chi connectivity index (χ2n) is 6.08. The average Bonchev–Trinajstić information content (AvgIpc) is 2.78. The highest BCUT2D eigenvalue weighted by atomic mass is 35.5. The molecule has 1 aliphatic rings. The first-order valence-electron chi connectivity index (χ1n) is 8.65. The molecule has 1 amide bonds. The van der Waals surface area contributed by atoms with Gasteiger partial charge in [-0.15, -0.1) is 0 Å². The van der Waals surface area contributed by atoms with E-state index in [4.69, 9.17) is 16.3 Å². The number of benzene rings is 2. The Kier molecular flexibility index (Phi) is 6.21. The van der Waals surface area contributed by atoms with Crippen LogP contribution in [0, 0.1) is 5.82 Å². The molecule has 144 valence electrons. The van der Waals surface area contributed by atoms with Crippen molar-refractivity contribution in [2.45, 2.75) is 6.92 Å². The van der Waals surface area contributed by atoms with Gasteiger partial charge in [-0.05, 0) is 36.4 Å². The van der Waals surface area contributed by atoms with Crippen LogP contribution in [0.2, 0.25) is 5.02 Å². The molecule has 5 nitrogen and oxygen atoms in total. The Bertz CT molecular complexity index is 972. The van der Waals surface area contributed by atoms with E-state index >= 15 is 0 Å². The minimum Gasteiger partial charge on any atom is -0.462 e. The number of carbonyl (C=O) groups excluding carboxylic acids is 2. The summed E-state index contributed by atoms with van der Waals surface area (Å²) in [6.45, 7) is 1.60. The zero-order valence-corrected chi connectivity index (χ0v) is 15.9. The van der Waals surface area contributed by atoms with Gasteiger partial charge in [0.1, 0.15) is 19.0 Å². The summed E-state index contributed by atoms with van der Waals surface area (Å²) in [5, 5.41) is 0.461. The van der Waals surface area contributed by atoms with Crippen LogP contribution >= 0.6 is 11.6 Å². The molecule has 0 fully saturated rings. The first-order chi connectivity index (χ1) is 13.5. The van der Waals surface area contributed by atoms with Crippen molar-refractivity contribution in [1.82, 2.24) is 0 Å².